The normalized spacial score (nSPS) is 10.8. The summed E-state index contributed by atoms with van der Waals surface area (Å²) in [5.41, 5.74) is 2.45. The molecule has 2 heterocycles. The number of aromatic nitrogens is 3. The van der Waals surface area contributed by atoms with Gasteiger partial charge in [-0.15, -0.1) is 0 Å². The molecule has 0 amide bonds. The molecule has 7 heteroatoms. The number of rotatable bonds is 2. The van der Waals surface area contributed by atoms with Gasteiger partial charge >= 0.3 is 0 Å². The van der Waals surface area contributed by atoms with Crippen molar-refractivity contribution in [3.63, 3.8) is 0 Å². The Hall–Kier alpha value is -1.74. The number of nitrogens with one attached hydrogen (secondary N) is 1. The summed E-state index contributed by atoms with van der Waals surface area (Å²) in [4.78, 5) is 11.9. The molecule has 0 fully saturated rings. The monoisotopic (exact) mass is 334 g/mol. The molecular weight excluding hydrogens is 327 g/mol. The second-order valence-electron chi connectivity index (χ2n) is 4.22. The first-order chi connectivity index (χ1) is 10.1. The van der Waals surface area contributed by atoms with Crippen molar-refractivity contribution >= 4 is 46.0 Å². The van der Waals surface area contributed by atoms with Gasteiger partial charge in [0.1, 0.15) is 11.7 Å². The predicted octanol–water partition coefficient (Wildman–Crippen LogP) is 4.53. The maximum Gasteiger partial charge on any atom is 0.189 e. The number of nitriles is 1. The van der Waals surface area contributed by atoms with Crippen molar-refractivity contribution in [2.45, 2.75) is 5.16 Å². The fourth-order valence-electron chi connectivity index (χ4n) is 2.07. The summed E-state index contributed by atoms with van der Waals surface area (Å²) >= 11 is 13.6. The Morgan fingerprint density at radius 3 is 2.76 bits per heavy atom. The van der Waals surface area contributed by atoms with Gasteiger partial charge in [0.2, 0.25) is 0 Å². The van der Waals surface area contributed by atoms with Crippen LogP contribution in [0.25, 0.3) is 22.3 Å². The first kappa shape index (κ1) is 14.2. The first-order valence-corrected chi connectivity index (χ1v) is 7.90. The van der Waals surface area contributed by atoms with E-state index in [1.54, 1.807) is 24.4 Å². The van der Waals surface area contributed by atoms with Crippen LogP contribution < -0.4 is 0 Å². The van der Waals surface area contributed by atoms with E-state index in [0.29, 0.717) is 37.5 Å². The molecule has 0 unspecified atom stereocenters. The van der Waals surface area contributed by atoms with E-state index >= 15 is 0 Å². The van der Waals surface area contributed by atoms with E-state index in [0.717, 1.165) is 5.56 Å². The lowest BCUT2D eigenvalue weighted by atomic mass is 10.1. The predicted molar refractivity (Wildman–Crippen MR) is 85.8 cm³/mol. The van der Waals surface area contributed by atoms with Crippen molar-refractivity contribution in [2.24, 2.45) is 0 Å². The van der Waals surface area contributed by atoms with Crippen LogP contribution in [0.1, 0.15) is 5.56 Å². The van der Waals surface area contributed by atoms with Crippen LogP contribution in [0, 0.1) is 11.3 Å². The zero-order valence-electron chi connectivity index (χ0n) is 10.8. The number of hydrogen-bond donors (Lipinski definition) is 1. The molecular formula is C14H8Cl2N4S. The maximum atomic E-state index is 9.25. The van der Waals surface area contributed by atoms with Gasteiger partial charge < -0.3 is 4.98 Å². The second kappa shape index (κ2) is 5.57. The fourth-order valence-corrected chi connectivity index (χ4v) is 2.93. The number of thioether (sulfide) groups is 1. The van der Waals surface area contributed by atoms with Crippen molar-refractivity contribution in [1.82, 2.24) is 15.0 Å². The molecule has 0 saturated carbocycles. The lowest BCUT2D eigenvalue weighted by molar-refractivity contribution is 1.00. The molecule has 104 valence electrons. The SMILES string of the molecule is CSc1nc(-c2ccc(Cl)cc2Cl)c2c(C#N)c[nH]c2n1. The van der Waals surface area contributed by atoms with Gasteiger partial charge in [0.25, 0.3) is 0 Å². The Kier molecular flexibility index (Phi) is 3.77. The second-order valence-corrected chi connectivity index (χ2v) is 5.84. The van der Waals surface area contributed by atoms with Gasteiger partial charge in [-0.25, -0.2) is 9.97 Å². The summed E-state index contributed by atoms with van der Waals surface area (Å²) in [6, 6.07) is 7.34. The summed E-state index contributed by atoms with van der Waals surface area (Å²) in [5.74, 6) is 0. The Balaban J connectivity index is 2.39. The highest BCUT2D eigenvalue weighted by Crippen LogP contribution is 2.35. The minimum Gasteiger partial charge on any atom is -0.345 e. The molecule has 0 saturated heterocycles. The molecule has 2 aromatic heterocycles. The van der Waals surface area contributed by atoms with Crippen LogP contribution in [0.15, 0.2) is 29.6 Å². The van der Waals surface area contributed by atoms with Gasteiger partial charge in [0.15, 0.2) is 5.16 Å². The largest absolute Gasteiger partial charge is 0.345 e. The van der Waals surface area contributed by atoms with Gasteiger partial charge in [-0.05, 0) is 24.5 Å². The third-order valence-corrected chi connectivity index (χ3v) is 4.10. The Morgan fingerprint density at radius 1 is 1.29 bits per heavy atom. The van der Waals surface area contributed by atoms with Crippen LogP contribution in [-0.4, -0.2) is 21.2 Å². The highest BCUT2D eigenvalue weighted by Gasteiger charge is 2.17. The molecule has 0 spiro atoms. The van der Waals surface area contributed by atoms with E-state index in [9.17, 15) is 5.26 Å². The molecule has 0 aliphatic rings. The summed E-state index contributed by atoms with van der Waals surface area (Å²) in [6.07, 6.45) is 3.51. The van der Waals surface area contributed by atoms with Crippen LogP contribution in [0.2, 0.25) is 10.0 Å². The molecule has 1 aromatic carbocycles. The van der Waals surface area contributed by atoms with E-state index in [4.69, 9.17) is 23.2 Å². The molecule has 0 aliphatic carbocycles. The Bertz CT molecular complexity index is 883. The summed E-state index contributed by atoms with van der Waals surface area (Å²) in [5, 5.41) is 11.6. The number of hydrogen-bond acceptors (Lipinski definition) is 4. The topological polar surface area (TPSA) is 65.4 Å². The summed E-state index contributed by atoms with van der Waals surface area (Å²) < 4.78 is 0. The molecule has 0 atom stereocenters. The molecule has 3 aromatic rings. The zero-order valence-corrected chi connectivity index (χ0v) is 13.1. The van der Waals surface area contributed by atoms with Gasteiger partial charge in [0, 0.05) is 16.8 Å². The highest BCUT2D eigenvalue weighted by atomic mass is 35.5. The van der Waals surface area contributed by atoms with E-state index in [2.05, 4.69) is 21.0 Å². The minimum atomic E-state index is 0.485. The Morgan fingerprint density at radius 2 is 2.10 bits per heavy atom. The molecule has 1 N–H and O–H groups in total. The van der Waals surface area contributed by atoms with E-state index in [1.165, 1.54) is 11.8 Å². The number of aromatic amines is 1. The Labute approximate surface area is 135 Å². The van der Waals surface area contributed by atoms with Crippen molar-refractivity contribution in [3.05, 3.63) is 40.0 Å². The number of nitrogens with zero attached hydrogens (tertiary/aromatic N) is 3. The molecule has 0 aliphatic heterocycles. The van der Waals surface area contributed by atoms with E-state index in [1.807, 2.05) is 6.26 Å². The van der Waals surface area contributed by atoms with Crippen LogP contribution in [0.3, 0.4) is 0 Å². The van der Waals surface area contributed by atoms with Gasteiger partial charge in [-0.2, -0.15) is 5.26 Å². The third kappa shape index (κ3) is 2.46. The van der Waals surface area contributed by atoms with Crippen LogP contribution in [-0.2, 0) is 0 Å². The number of benzene rings is 1. The molecule has 21 heavy (non-hydrogen) atoms. The number of fused-ring (bicyclic) bond motifs is 1. The molecule has 4 nitrogen and oxygen atoms in total. The summed E-state index contributed by atoms with van der Waals surface area (Å²) in [7, 11) is 0. The van der Waals surface area contributed by atoms with E-state index < -0.39 is 0 Å². The average molecular weight is 335 g/mol. The summed E-state index contributed by atoms with van der Waals surface area (Å²) in [6.45, 7) is 0. The minimum absolute atomic E-state index is 0.485. The van der Waals surface area contributed by atoms with Gasteiger partial charge in [0.05, 0.1) is 21.7 Å². The van der Waals surface area contributed by atoms with Crippen molar-refractivity contribution in [3.8, 4) is 17.3 Å². The van der Waals surface area contributed by atoms with E-state index in [-0.39, 0.29) is 0 Å². The molecule has 3 rings (SSSR count). The third-order valence-electron chi connectivity index (χ3n) is 3.00. The van der Waals surface area contributed by atoms with Crippen LogP contribution in [0.4, 0.5) is 0 Å². The van der Waals surface area contributed by atoms with Crippen molar-refractivity contribution in [2.75, 3.05) is 6.26 Å². The standard InChI is InChI=1S/C14H8Cl2N4S/c1-21-14-19-12(9-3-2-8(15)4-10(9)16)11-7(5-17)6-18-13(11)20-14/h2-4,6H,1H3,(H,18,19,20). The molecule has 0 bridgehead atoms. The molecule has 0 radical (unpaired) electrons. The number of halogens is 2. The van der Waals surface area contributed by atoms with Crippen molar-refractivity contribution in [1.29, 1.82) is 5.26 Å². The lowest BCUT2D eigenvalue weighted by Gasteiger charge is -2.07. The fraction of sp³-hybridized carbons (Fsp3) is 0.0714. The van der Waals surface area contributed by atoms with Gasteiger partial charge in [-0.3, -0.25) is 0 Å². The maximum absolute atomic E-state index is 9.25. The first-order valence-electron chi connectivity index (χ1n) is 5.92. The average Bonchev–Trinajstić information content (AvgIpc) is 2.89. The quantitative estimate of drug-likeness (QED) is 0.552. The number of H-pyrrole nitrogens is 1. The zero-order chi connectivity index (χ0) is 15.0. The highest BCUT2D eigenvalue weighted by molar-refractivity contribution is 7.98. The van der Waals surface area contributed by atoms with Crippen LogP contribution in [0.5, 0.6) is 0 Å². The van der Waals surface area contributed by atoms with Crippen molar-refractivity contribution < 1.29 is 0 Å². The van der Waals surface area contributed by atoms with Crippen LogP contribution >= 0.6 is 35.0 Å². The smallest absolute Gasteiger partial charge is 0.189 e. The van der Waals surface area contributed by atoms with Gasteiger partial charge in [-0.1, -0.05) is 35.0 Å². The lowest BCUT2D eigenvalue weighted by Crippen LogP contribution is -1.93.